The molecule has 1 aromatic carbocycles. The summed E-state index contributed by atoms with van der Waals surface area (Å²) in [5.74, 6) is -1.19. The van der Waals surface area contributed by atoms with Crippen LogP contribution in [0, 0.1) is 5.82 Å². The van der Waals surface area contributed by atoms with Crippen LogP contribution in [-0.2, 0) is 19.1 Å². The Kier molecular flexibility index (Phi) is 4.73. The lowest BCUT2D eigenvalue weighted by molar-refractivity contribution is -0.165. The molecule has 0 atom stereocenters. The van der Waals surface area contributed by atoms with E-state index in [0.717, 1.165) is 0 Å². The van der Waals surface area contributed by atoms with E-state index in [4.69, 9.17) is 9.47 Å². The predicted octanol–water partition coefficient (Wildman–Crippen LogP) is 2.71. The van der Waals surface area contributed by atoms with Gasteiger partial charge in [-0.25, -0.2) is 9.18 Å². The number of halogens is 1. The third-order valence-corrected chi connectivity index (χ3v) is 3.81. The highest BCUT2D eigenvalue weighted by Gasteiger charge is 2.43. The second-order valence-corrected chi connectivity index (χ2v) is 5.70. The van der Waals surface area contributed by atoms with Gasteiger partial charge in [0.1, 0.15) is 17.1 Å². The molecule has 0 aromatic heterocycles. The third kappa shape index (κ3) is 3.06. The lowest BCUT2D eigenvalue weighted by Crippen LogP contribution is -2.56. The summed E-state index contributed by atoms with van der Waals surface area (Å²) in [6.45, 7) is 6.57. The average Bonchev–Trinajstić information content (AvgIpc) is 2.49. The zero-order valence-electron chi connectivity index (χ0n) is 13.7. The van der Waals surface area contributed by atoms with Crippen LogP contribution in [0.3, 0.4) is 0 Å². The summed E-state index contributed by atoms with van der Waals surface area (Å²) >= 11 is 0. The van der Waals surface area contributed by atoms with Crippen molar-refractivity contribution in [1.82, 2.24) is 4.90 Å². The van der Waals surface area contributed by atoms with Crippen LogP contribution in [0.4, 0.5) is 4.39 Å². The van der Waals surface area contributed by atoms with Crippen molar-refractivity contribution >= 4 is 17.4 Å². The monoisotopic (exact) mass is 321 g/mol. The highest BCUT2D eigenvalue weighted by molar-refractivity contribution is 6.21. The Bertz CT molecular complexity index is 666. The van der Waals surface area contributed by atoms with Gasteiger partial charge in [-0.1, -0.05) is 18.2 Å². The Hall–Kier alpha value is -2.37. The van der Waals surface area contributed by atoms with E-state index < -0.39 is 23.2 Å². The molecule has 0 fully saturated rings. The molecule has 0 aliphatic carbocycles. The van der Waals surface area contributed by atoms with Gasteiger partial charge in [0.05, 0.1) is 12.2 Å². The van der Waals surface area contributed by atoms with Gasteiger partial charge in [-0.05, 0) is 33.8 Å². The van der Waals surface area contributed by atoms with Crippen LogP contribution in [0.2, 0.25) is 0 Å². The summed E-state index contributed by atoms with van der Waals surface area (Å²) in [5, 5.41) is 0. The SMILES string of the molecule is CCOC(=O)C(C)(C)N1COC(C)=C(c2ccccc2F)C1=O. The smallest absolute Gasteiger partial charge is 0.331 e. The summed E-state index contributed by atoms with van der Waals surface area (Å²) in [5.41, 5.74) is -0.948. The zero-order chi connectivity index (χ0) is 17.2. The fourth-order valence-corrected chi connectivity index (χ4v) is 2.38. The Labute approximate surface area is 134 Å². The van der Waals surface area contributed by atoms with Gasteiger partial charge in [0.15, 0.2) is 6.73 Å². The van der Waals surface area contributed by atoms with Gasteiger partial charge in [-0.2, -0.15) is 0 Å². The molecule has 0 radical (unpaired) electrons. The van der Waals surface area contributed by atoms with Gasteiger partial charge in [0.2, 0.25) is 0 Å². The lowest BCUT2D eigenvalue weighted by atomic mass is 9.97. The van der Waals surface area contributed by atoms with Crippen molar-refractivity contribution in [1.29, 1.82) is 0 Å². The number of nitrogens with zero attached hydrogens (tertiary/aromatic N) is 1. The molecular weight excluding hydrogens is 301 g/mol. The minimum atomic E-state index is -1.22. The van der Waals surface area contributed by atoms with E-state index >= 15 is 0 Å². The molecule has 0 spiro atoms. The molecule has 1 aliphatic rings. The quantitative estimate of drug-likeness (QED) is 0.800. The van der Waals surface area contributed by atoms with Crippen molar-refractivity contribution < 1.29 is 23.5 Å². The number of allylic oxidation sites excluding steroid dienone is 1. The van der Waals surface area contributed by atoms with Crippen LogP contribution in [0.1, 0.15) is 33.3 Å². The van der Waals surface area contributed by atoms with Gasteiger partial charge < -0.3 is 9.47 Å². The number of carbonyl (C=O) groups is 2. The molecule has 1 amide bonds. The summed E-state index contributed by atoms with van der Waals surface area (Å²) < 4.78 is 24.6. The second kappa shape index (κ2) is 6.40. The van der Waals surface area contributed by atoms with Crippen LogP contribution in [0.25, 0.3) is 5.57 Å². The molecule has 1 aromatic rings. The number of rotatable bonds is 4. The minimum Gasteiger partial charge on any atom is -0.477 e. The molecule has 0 unspecified atom stereocenters. The first kappa shape index (κ1) is 17.0. The molecule has 1 heterocycles. The number of esters is 1. The minimum absolute atomic E-state index is 0.0889. The molecule has 0 saturated heterocycles. The number of ether oxygens (including phenoxy) is 2. The van der Waals surface area contributed by atoms with Crippen molar-refractivity contribution in [2.24, 2.45) is 0 Å². The fraction of sp³-hybridized carbons (Fsp3) is 0.412. The Morgan fingerprint density at radius 2 is 2.04 bits per heavy atom. The number of hydrogen-bond donors (Lipinski definition) is 0. The average molecular weight is 321 g/mol. The zero-order valence-corrected chi connectivity index (χ0v) is 13.7. The number of benzene rings is 1. The van der Waals surface area contributed by atoms with Crippen molar-refractivity contribution in [2.45, 2.75) is 33.2 Å². The summed E-state index contributed by atoms with van der Waals surface area (Å²) in [6.07, 6.45) is 0. The molecular formula is C17H20FNO4. The van der Waals surface area contributed by atoms with Crippen molar-refractivity contribution in [3.63, 3.8) is 0 Å². The predicted molar refractivity (Wildman–Crippen MR) is 82.5 cm³/mol. The van der Waals surface area contributed by atoms with Crippen molar-refractivity contribution in [3.05, 3.63) is 41.4 Å². The summed E-state index contributed by atoms with van der Waals surface area (Å²) in [6, 6.07) is 5.97. The molecule has 0 bridgehead atoms. The molecule has 2 rings (SSSR count). The highest BCUT2D eigenvalue weighted by Crippen LogP contribution is 2.32. The normalized spacial score (nSPS) is 15.5. The molecule has 23 heavy (non-hydrogen) atoms. The van der Waals surface area contributed by atoms with Crippen molar-refractivity contribution in [3.8, 4) is 0 Å². The Morgan fingerprint density at radius 3 is 2.65 bits per heavy atom. The van der Waals surface area contributed by atoms with Crippen LogP contribution >= 0.6 is 0 Å². The Morgan fingerprint density at radius 1 is 1.39 bits per heavy atom. The maximum Gasteiger partial charge on any atom is 0.331 e. The van der Waals surface area contributed by atoms with E-state index in [1.165, 1.54) is 17.0 Å². The molecule has 1 aliphatic heterocycles. The maximum atomic E-state index is 14.1. The van der Waals surface area contributed by atoms with Crippen LogP contribution in [-0.4, -0.2) is 35.7 Å². The molecule has 5 nitrogen and oxygen atoms in total. The van der Waals surface area contributed by atoms with E-state index in [-0.39, 0.29) is 24.5 Å². The molecule has 0 saturated carbocycles. The van der Waals surface area contributed by atoms with Gasteiger partial charge in [0, 0.05) is 5.56 Å². The van der Waals surface area contributed by atoms with Crippen LogP contribution < -0.4 is 0 Å². The standard InChI is InChI=1S/C17H20FNO4/c1-5-22-16(21)17(3,4)19-10-23-11(2)14(15(19)20)12-8-6-7-9-13(12)18/h6-9H,5,10H2,1-4H3. The first-order chi connectivity index (χ1) is 10.8. The third-order valence-electron chi connectivity index (χ3n) is 3.81. The first-order valence-corrected chi connectivity index (χ1v) is 7.38. The molecule has 0 N–H and O–H groups in total. The van der Waals surface area contributed by atoms with Gasteiger partial charge in [0.25, 0.3) is 5.91 Å². The largest absolute Gasteiger partial charge is 0.477 e. The van der Waals surface area contributed by atoms with E-state index in [9.17, 15) is 14.0 Å². The summed E-state index contributed by atoms with van der Waals surface area (Å²) in [7, 11) is 0. The fourth-order valence-electron chi connectivity index (χ4n) is 2.38. The number of amides is 1. The molecule has 6 heteroatoms. The van der Waals surface area contributed by atoms with Crippen molar-refractivity contribution in [2.75, 3.05) is 13.3 Å². The number of hydrogen-bond acceptors (Lipinski definition) is 4. The van der Waals surface area contributed by atoms with Gasteiger partial charge in [-0.15, -0.1) is 0 Å². The van der Waals surface area contributed by atoms with E-state index in [2.05, 4.69) is 0 Å². The van der Waals surface area contributed by atoms with Crippen LogP contribution in [0.5, 0.6) is 0 Å². The molecule has 124 valence electrons. The van der Waals surface area contributed by atoms with Gasteiger partial charge >= 0.3 is 5.97 Å². The Balaban J connectivity index is 2.42. The second-order valence-electron chi connectivity index (χ2n) is 5.70. The van der Waals surface area contributed by atoms with E-state index in [1.54, 1.807) is 39.8 Å². The topological polar surface area (TPSA) is 55.8 Å². The van der Waals surface area contributed by atoms with E-state index in [1.807, 2.05) is 0 Å². The first-order valence-electron chi connectivity index (χ1n) is 7.38. The highest BCUT2D eigenvalue weighted by atomic mass is 19.1. The van der Waals surface area contributed by atoms with Crippen LogP contribution in [0.15, 0.2) is 30.0 Å². The lowest BCUT2D eigenvalue weighted by Gasteiger charge is -2.39. The number of carbonyl (C=O) groups excluding carboxylic acids is 2. The summed E-state index contributed by atoms with van der Waals surface area (Å²) in [4.78, 5) is 26.2. The van der Waals surface area contributed by atoms with E-state index in [0.29, 0.717) is 5.76 Å². The maximum absolute atomic E-state index is 14.1. The van der Waals surface area contributed by atoms with Gasteiger partial charge in [-0.3, -0.25) is 9.69 Å².